The summed E-state index contributed by atoms with van der Waals surface area (Å²) in [5, 5.41) is 3.21. The summed E-state index contributed by atoms with van der Waals surface area (Å²) >= 11 is 5.89. The number of piperazine rings is 1. The number of sulfonamides is 1. The third-order valence-corrected chi connectivity index (χ3v) is 8.58. The van der Waals surface area contributed by atoms with E-state index < -0.39 is 33.9 Å². The van der Waals surface area contributed by atoms with Crippen molar-refractivity contribution in [2.75, 3.05) is 46.4 Å². The molecule has 198 valence electrons. The van der Waals surface area contributed by atoms with Crippen molar-refractivity contribution >= 4 is 33.6 Å². The molecule has 37 heavy (non-hydrogen) atoms. The number of halogens is 2. The lowest BCUT2D eigenvalue weighted by Gasteiger charge is -2.39. The highest BCUT2D eigenvalue weighted by Gasteiger charge is 2.38. The maximum absolute atomic E-state index is 14.0. The number of rotatable bonds is 7. The number of likely N-dealkylation sites (N-methyl/N-ethyl adjacent to an activating group) is 1. The first-order valence-electron chi connectivity index (χ1n) is 11.8. The zero-order valence-corrected chi connectivity index (χ0v) is 22.1. The van der Waals surface area contributed by atoms with Gasteiger partial charge in [-0.2, -0.15) is 4.31 Å². The van der Waals surface area contributed by atoms with Gasteiger partial charge in [-0.15, -0.1) is 0 Å². The van der Waals surface area contributed by atoms with E-state index in [9.17, 15) is 22.4 Å². The highest BCUT2D eigenvalue weighted by atomic mass is 35.5. The summed E-state index contributed by atoms with van der Waals surface area (Å²) in [4.78, 5) is 29.4. The van der Waals surface area contributed by atoms with Crippen LogP contribution in [0.15, 0.2) is 64.7 Å². The Labute approximate surface area is 220 Å². The second kappa shape index (κ2) is 11.2. The van der Waals surface area contributed by atoms with Crippen molar-refractivity contribution in [3.8, 4) is 0 Å². The predicted octanol–water partition coefficient (Wildman–Crippen LogP) is 3.00. The lowest BCUT2D eigenvalue weighted by atomic mass is 9.94. The lowest BCUT2D eigenvalue weighted by Crippen LogP contribution is -2.53. The van der Waals surface area contributed by atoms with Crippen LogP contribution in [0.5, 0.6) is 0 Å². The molecule has 2 aliphatic heterocycles. The SMILES string of the molecule is CCOC(=O)C1=C(CN2CCN(S(=O)(=O)c3ccc(Cl)cc3)CC2)N(C)C(=O)N[C@H]1c1cccc(F)c1. The summed E-state index contributed by atoms with van der Waals surface area (Å²) in [5.74, 6) is -1.10. The second-order valence-electron chi connectivity index (χ2n) is 8.71. The molecule has 0 unspecified atom stereocenters. The van der Waals surface area contributed by atoms with Gasteiger partial charge in [0, 0.05) is 50.5 Å². The van der Waals surface area contributed by atoms with Gasteiger partial charge in [-0.05, 0) is 48.9 Å². The Kier molecular flexibility index (Phi) is 8.17. The fraction of sp³-hybridized carbons (Fsp3) is 0.360. The fourth-order valence-corrected chi connectivity index (χ4v) is 5.98. The topological polar surface area (TPSA) is 99.3 Å². The molecule has 1 fully saturated rings. The minimum absolute atomic E-state index is 0.129. The van der Waals surface area contributed by atoms with Crippen molar-refractivity contribution in [3.05, 3.63) is 76.2 Å². The molecule has 2 aromatic carbocycles. The van der Waals surface area contributed by atoms with Crippen LogP contribution in [0.4, 0.5) is 9.18 Å². The number of nitrogens with zero attached hydrogens (tertiary/aromatic N) is 3. The Balaban J connectivity index is 1.59. The minimum atomic E-state index is -3.68. The first kappa shape index (κ1) is 27.1. The summed E-state index contributed by atoms with van der Waals surface area (Å²) in [6.45, 7) is 3.25. The number of ether oxygens (including phenoxy) is 1. The van der Waals surface area contributed by atoms with Gasteiger partial charge in [0.15, 0.2) is 0 Å². The van der Waals surface area contributed by atoms with Gasteiger partial charge in [0.05, 0.1) is 23.1 Å². The first-order valence-corrected chi connectivity index (χ1v) is 13.6. The zero-order valence-electron chi connectivity index (χ0n) is 20.5. The molecular weight excluding hydrogens is 523 g/mol. The van der Waals surface area contributed by atoms with Gasteiger partial charge in [0.25, 0.3) is 0 Å². The standard InChI is InChI=1S/C25H28ClFN4O5S/c1-3-36-24(32)22-21(29(2)25(33)28-23(22)17-5-4-6-19(27)15-17)16-30-11-13-31(14-12-30)37(34,35)20-9-7-18(26)8-10-20/h4-10,15,23H,3,11-14,16H2,1-2H3,(H,28,33)/t23-/m0/s1. The van der Waals surface area contributed by atoms with Crippen LogP contribution in [0.1, 0.15) is 18.5 Å². The Morgan fingerprint density at radius 1 is 1.14 bits per heavy atom. The maximum atomic E-state index is 14.0. The molecular formula is C25H28ClFN4O5S. The van der Waals surface area contributed by atoms with Crippen molar-refractivity contribution in [2.45, 2.75) is 17.9 Å². The van der Waals surface area contributed by atoms with Crippen molar-refractivity contribution in [2.24, 2.45) is 0 Å². The quantitative estimate of drug-likeness (QED) is 0.532. The lowest BCUT2D eigenvalue weighted by molar-refractivity contribution is -0.139. The molecule has 2 aromatic rings. The summed E-state index contributed by atoms with van der Waals surface area (Å²) in [6.07, 6.45) is 0. The Bertz CT molecular complexity index is 1310. The van der Waals surface area contributed by atoms with Crippen LogP contribution in [0.25, 0.3) is 0 Å². The van der Waals surface area contributed by atoms with E-state index in [-0.39, 0.29) is 36.7 Å². The normalized spacial score (nSPS) is 19.6. The van der Waals surface area contributed by atoms with E-state index in [1.54, 1.807) is 20.0 Å². The number of urea groups is 1. The van der Waals surface area contributed by atoms with Crippen LogP contribution >= 0.6 is 11.6 Å². The van der Waals surface area contributed by atoms with Gasteiger partial charge < -0.3 is 10.1 Å². The van der Waals surface area contributed by atoms with E-state index in [4.69, 9.17) is 16.3 Å². The van der Waals surface area contributed by atoms with Crippen LogP contribution in [0, 0.1) is 5.82 Å². The van der Waals surface area contributed by atoms with Crippen LogP contribution in [-0.4, -0.2) is 80.9 Å². The van der Waals surface area contributed by atoms with Crippen LogP contribution < -0.4 is 5.32 Å². The van der Waals surface area contributed by atoms with E-state index in [1.165, 1.54) is 51.7 Å². The molecule has 1 N–H and O–H groups in total. The number of hydrogen-bond acceptors (Lipinski definition) is 6. The van der Waals surface area contributed by atoms with Gasteiger partial charge in [0.2, 0.25) is 10.0 Å². The van der Waals surface area contributed by atoms with Gasteiger partial charge in [-0.1, -0.05) is 23.7 Å². The first-order chi connectivity index (χ1) is 17.6. The van der Waals surface area contributed by atoms with Crippen molar-refractivity contribution in [1.29, 1.82) is 0 Å². The summed E-state index contributed by atoms with van der Waals surface area (Å²) in [6, 6.07) is 10.4. The van der Waals surface area contributed by atoms with E-state index in [1.807, 2.05) is 4.90 Å². The number of amides is 2. The molecule has 2 amide bonds. The second-order valence-corrected chi connectivity index (χ2v) is 11.1. The molecule has 2 heterocycles. The number of nitrogens with one attached hydrogen (secondary N) is 1. The molecule has 12 heteroatoms. The minimum Gasteiger partial charge on any atom is -0.463 e. The van der Waals surface area contributed by atoms with Crippen molar-refractivity contribution in [3.63, 3.8) is 0 Å². The number of benzene rings is 2. The summed E-state index contributed by atoms with van der Waals surface area (Å²) in [7, 11) is -2.13. The zero-order chi connectivity index (χ0) is 26.7. The molecule has 0 aliphatic carbocycles. The van der Waals surface area contributed by atoms with E-state index in [0.717, 1.165) is 0 Å². The summed E-state index contributed by atoms with van der Waals surface area (Å²) in [5.41, 5.74) is 1.05. The molecule has 0 saturated carbocycles. The number of carbonyl (C=O) groups excluding carboxylic acids is 2. The van der Waals surface area contributed by atoms with E-state index in [2.05, 4.69) is 5.32 Å². The van der Waals surface area contributed by atoms with Crippen LogP contribution in [0.2, 0.25) is 5.02 Å². The van der Waals surface area contributed by atoms with Crippen molar-refractivity contribution in [1.82, 2.24) is 19.4 Å². The van der Waals surface area contributed by atoms with E-state index >= 15 is 0 Å². The monoisotopic (exact) mass is 550 g/mol. The van der Waals surface area contributed by atoms with Gasteiger partial charge in [-0.25, -0.2) is 22.4 Å². The molecule has 1 saturated heterocycles. The number of esters is 1. The number of carbonyl (C=O) groups is 2. The van der Waals surface area contributed by atoms with Gasteiger partial charge >= 0.3 is 12.0 Å². The van der Waals surface area contributed by atoms with Crippen LogP contribution in [0.3, 0.4) is 0 Å². The molecule has 0 bridgehead atoms. The molecule has 4 rings (SSSR count). The predicted molar refractivity (Wildman–Crippen MR) is 136 cm³/mol. The maximum Gasteiger partial charge on any atom is 0.338 e. The number of hydrogen-bond donors (Lipinski definition) is 1. The van der Waals surface area contributed by atoms with E-state index in [0.29, 0.717) is 29.4 Å². The molecule has 0 radical (unpaired) electrons. The smallest absolute Gasteiger partial charge is 0.338 e. The largest absolute Gasteiger partial charge is 0.463 e. The van der Waals surface area contributed by atoms with Crippen molar-refractivity contribution < 1.29 is 27.1 Å². The average Bonchev–Trinajstić information content (AvgIpc) is 2.87. The molecule has 2 aliphatic rings. The van der Waals surface area contributed by atoms with Gasteiger partial charge in [0.1, 0.15) is 5.82 Å². The molecule has 1 atom stereocenters. The Morgan fingerprint density at radius 2 is 1.81 bits per heavy atom. The van der Waals surface area contributed by atoms with Crippen LogP contribution in [-0.2, 0) is 19.6 Å². The average molecular weight is 551 g/mol. The highest BCUT2D eigenvalue weighted by Crippen LogP contribution is 2.32. The Morgan fingerprint density at radius 3 is 2.43 bits per heavy atom. The third kappa shape index (κ3) is 5.80. The Hall–Kier alpha value is -2.99. The molecule has 0 aromatic heterocycles. The fourth-order valence-electron chi connectivity index (χ4n) is 4.43. The third-order valence-electron chi connectivity index (χ3n) is 6.41. The highest BCUT2D eigenvalue weighted by molar-refractivity contribution is 7.89. The summed E-state index contributed by atoms with van der Waals surface area (Å²) < 4.78 is 46.8. The van der Waals surface area contributed by atoms with Gasteiger partial charge in [-0.3, -0.25) is 9.80 Å². The molecule has 9 nitrogen and oxygen atoms in total. The molecule has 0 spiro atoms.